The van der Waals surface area contributed by atoms with E-state index >= 15 is 0 Å². The normalized spacial score (nSPS) is 12.6. The number of nitrogens with zero attached hydrogens (tertiary/aromatic N) is 2. The van der Waals surface area contributed by atoms with Gasteiger partial charge in [-0.1, -0.05) is 23.4 Å². The van der Waals surface area contributed by atoms with Crippen molar-refractivity contribution in [1.82, 2.24) is 10.1 Å². The maximum Gasteiger partial charge on any atom is 0.338 e. The number of benzene rings is 2. The number of ether oxygens (including phenoxy) is 1. The summed E-state index contributed by atoms with van der Waals surface area (Å²) < 4.78 is 10.3. The van der Waals surface area contributed by atoms with E-state index in [1.807, 2.05) is 31.2 Å². The van der Waals surface area contributed by atoms with Gasteiger partial charge in [0.25, 0.3) is 5.91 Å². The van der Waals surface area contributed by atoms with Crippen LogP contribution in [0.4, 0.5) is 5.69 Å². The molecule has 0 radical (unpaired) electrons. The van der Waals surface area contributed by atoms with Gasteiger partial charge in [0.15, 0.2) is 5.76 Å². The van der Waals surface area contributed by atoms with E-state index in [0.29, 0.717) is 29.1 Å². The van der Waals surface area contributed by atoms with Crippen molar-refractivity contribution in [3.05, 3.63) is 70.9 Å². The number of anilines is 1. The molecule has 164 valence electrons. The van der Waals surface area contributed by atoms with Crippen LogP contribution in [0.1, 0.15) is 45.3 Å². The molecule has 2 aromatic carbocycles. The molecule has 32 heavy (non-hydrogen) atoms. The lowest BCUT2D eigenvalue weighted by Crippen LogP contribution is -2.28. The van der Waals surface area contributed by atoms with Crippen LogP contribution < -0.4 is 5.32 Å². The number of carbonyl (C=O) groups is 3. The first-order valence-electron chi connectivity index (χ1n) is 10.4. The zero-order valence-corrected chi connectivity index (χ0v) is 17.9. The van der Waals surface area contributed by atoms with E-state index in [1.54, 1.807) is 36.1 Å². The molecule has 0 aliphatic carbocycles. The number of aromatic nitrogens is 1. The Balaban J connectivity index is 1.35. The van der Waals surface area contributed by atoms with Gasteiger partial charge in [-0.15, -0.1) is 0 Å². The minimum absolute atomic E-state index is 0.149. The van der Waals surface area contributed by atoms with E-state index in [9.17, 15) is 14.4 Å². The molecule has 0 fully saturated rings. The third-order valence-corrected chi connectivity index (χ3v) is 5.17. The highest BCUT2D eigenvalue weighted by molar-refractivity contribution is 6.01. The van der Waals surface area contributed by atoms with E-state index in [-0.39, 0.29) is 31.4 Å². The number of nitrogens with one attached hydrogen (secondary N) is 1. The first-order chi connectivity index (χ1) is 15.4. The van der Waals surface area contributed by atoms with E-state index in [1.165, 1.54) is 0 Å². The number of fused-ring (bicyclic) bond motifs is 1. The van der Waals surface area contributed by atoms with Crippen molar-refractivity contribution in [2.45, 2.75) is 26.8 Å². The number of hydrogen-bond donors (Lipinski definition) is 1. The Morgan fingerprint density at radius 3 is 2.78 bits per heavy atom. The third kappa shape index (κ3) is 4.54. The maximum absolute atomic E-state index is 12.7. The van der Waals surface area contributed by atoms with E-state index in [0.717, 1.165) is 16.8 Å². The third-order valence-electron chi connectivity index (χ3n) is 5.17. The van der Waals surface area contributed by atoms with Gasteiger partial charge in [0, 0.05) is 42.4 Å². The molecule has 0 spiro atoms. The van der Waals surface area contributed by atoms with Gasteiger partial charge in [-0.2, -0.15) is 0 Å². The molecule has 2 amide bonds. The predicted molar refractivity (Wildman–Crippen MR) is 117 cm³/mol. The molecule has 0 saturated heterocycles. The number of aryl methyl sites for hydroxylation is 1. The zero-order valence-electron chi connectivity index (χ0n) is 17.9. The molecular formula is C24H23N3O5. The number of hydrogen-bond acceptors (Lipinski definition) is 6. The summed E-state index contributed by atoms with van der Waals surface area (Å²) in [4.78, 5) is 38.7. The smallest absolute Gasteiger partial charge is 0.338 e. The zero-order chi connectivity index (χ0) is 22.7. The SMILES string of the molecule is CCOC(=O)c1ccc2c(c1)C(=O)N(CCC(=O)Nc1cccc(-c3cc(C)no3)c1)C2. The second-order valence-corrected chi connectivity index (χ2v) is 7.53. The van der Waals surface area contributed by atoms with Crippen LogP contribution >= 0.6 is 0 Å². The summed E-state index contributed by atoms with van der Waals surface area (Å²) in [6, 6.07) is 14.1. The number of rotatable bonds is 7. The molecule has 1 aliphatic heterocycles. The summed E-state index contributed by atoms with van der Waals surface area (Å²) in [5.41, 5.74) is 3.88. The summed E-state index contributed by atoms with van der Waals surface area (Å²) in [5.74, 6) is -0.224. The fraction of sp³-hybridized carbons (Fsp3) is 0.250. The molecule has 2 heterocycles. The Morgan fingerprint density at radius 2 is 2.03 bits per heavy atom. The van der Waals surface area contributed by atoms with Crippen molar-refractivity contribution in [2.24, 2.45) is 0 Å². The Hall–Kier alpha value is -3.94. The Bertz CT molecular complexity index is 1180. The van der Waals surface area contributed by atoms with Gasteiger partial charge in [0.2, 0.25) is 5.91 Å². The summed E-state index contributed by atoms with van der Waals surface area (Å²) in [7, 11) is 0. The van der Waals surface area contributed by atoms with E-state index in [4.69, 9.17) is 9.26 Å². The van der Waals surface area contributed by atoms with Crippen molar-refractivity contribution in [1.29, 1.82) is 0 Å². The van der Waals surface area contributed by atoms with Crippen LogP contribution in [0.15, 0.2) is 53.1 Å². The minimum atomic E-state index is -0.455. The molecule has 8 heteroatoms. The van der Waals surface area contributed by atoms with Gasteiger partial charge in [-0.25, -0.2) is 4.79 Å². The summed E-state index contributed by atoms with van der Waals surface area (Å²) in [6.45, 7) is 4.52. The highest BCUT2D eigenvalue weighted by atomic mass is 16.5. The van der Waals surface area contributed by atoms with Gasteiger partial charge in [0.1, 0.15) is 0 Å². The van der Waals surface area contributed by atoms with Crippen molar-refractivity contribution in [3.8, 4) is 11.3 Å². The summed E-state index contributed by atoms with van der Waals surface area (Å²) >= 11 is 0. The molecule has 0 bridgehead atoms. The molecule has 0 saturated carbocycles. The molecule has 1 aliphatic rings. The fourth-order valence-corrected chi connectivity index (χ4v) is 3.59. The molecule has 4 rings (SSSR count). The van der Waals surface area contributed by atoms with Gasteiger partial charge in [0.05, 0.1) is 17.9 Å². The summed E-state index contributed by atoms with van der Waals surface area (Å²) in [5, 5.41) is 6.74. The van der Waals surface area contributed by atoms with Crippen LogP contribution in [0.5, 0.6) is 0 Å². The van der Waals surface area contributed by atoms with Crippen molar-refractivity contribution in [2.75, 3.05) is 18.5 Å². The van der Waals surface area contributed by atoms with Crippen LogP contribution in [-0.2, 0) is 16.1 Å². The van der Waals surface area contributed by atoms with Crippen LogP contribution in [0.25, 0.3) is 11.3 Å². The predicted octanol–water partition coefficient (Wildman–Crippen LogP) is 3.81. The van der Waals surface area contributed by atoms with Crippen LogP contribution in [0, 0.1) is 6.92 Å². The maximum atomic E-state index is 12.7. The Labute approximate surface area is 185 Å². The fourth-order valence-electron chi connectivity index (χ4n) is 3.59. The molecule has 1 aromatic heterocycles. The average molecular weight is 433 g/mol. The lowest BCUT2D eigenvalue weighted by Gasteiger charge is -2.15. The van der Waals surface area contributed by atoms with E-state index in [2.05, 4.69) is 10.5 Å². The largest absolute Gasteiger partial charge is 0.462 e. The highest BCUT2D eigenvalue weighted by Gasteiger charge is 2.28. The van der Waals surface area contributed by atoms with Crippen molar-refractivity contribution < 1.29 is 23.6 Å². The van der Waals surface area contributed by atoms with Crippen LogP contribution in [0.3, 0.4) is 0 Å². The monoisotopic (exact) mass is 433 g/mol. The van der Waals surface area contributed by atoms with Gasteiger partial charge in [-0.3, -0.25) is 9.59 Å². The number of amides is 2. The van der Waals surface area contributed by atoms with Crippen LogP contribution in [0.2, 0.25) is 0 Å². The molecule has 0 atom stereocenters. The minimum Gasteiger partial charge on any atom is -0.462 e. The van der Waals surface area contributed by atoms with Crippen molar-refractivity contribution in [3.63, 3.8) is 0 Å². The first kappa shape index (κ1) is 21.3. The molecular weight excluding hydrogens is 410 g/mol. The Kier molecular flexibility index (Phi) is 6.02. The Morgan fingerprint density at radius 1 is 1.19 bits per heavy atom. The molecule has 8 nitrogen and oxygen atoms in total. The number of carbonyl (C=O) groups excluding carboxylic acids is 3. The molecule has 1 N–H and O–H groups in total. The summed E-state index contributed by atoms with van der Waals surface area (Å²) in [6.07, 6.45) is 0.149. The number of esters is 1. The van der Waals surface area contributed by atoms with Gasteiger partial charge < -0.3 is 19.5 Å². The molecule has 3 aromatic rings. The first-order valence-corrected chi connectivity index (χ1v) is 10.4. The van der Waals surface area contributed by atoms with Crippen LogP contribution in [-0.4, -0.2) is 41.0 Å². The van der Waals surface area contributed by atoms with Gasteiger partial charge in [-0.05, 0) is 43.7 Å². The second kappa shape index (κ2) is 9.05. The second-order valence-electron chi connectivity index (χ2n) is 7.53. The quantitative estimate of drug-likeness (QED) is 0.569. The average Bonchev–Trinajstić information content (AvgIpc) is 3.35. The lowest BCUT2D eigenvalue weighted by molar-refractivity contribution is -0.116. The standard InChI is InChI=1S/C24H23N3O5/c1-3-31-24(30)17-7-8-18-14-27(23(29)20(18)13-17)10-9-22(28)25-19-6-4-5-16(12-19)21-11-15(2)26-32-21/h4-8,11-13H,3,9-10,14H2,1-2H3,(H,25,28). The molecule has 0 unspecified atom stereocenters. The van der Waals surface area contributed by atoms with Gasteiger partial charge >= 0.3 is 5.97 Å². The van der Waals surface area contributed by atoms with E-state index < -0.39 is 5.97 Å². The lowest BCUT2D eigenvalue weighted by atomic mass is 10.1. The van der Waals surface area contributed by atoms with Crippen molar-refractivity contribution >= 4 is 23.5 Å². The highest BCUT2D eigenvalue weighted by Crippen LogP contribution is 2.25. The topological polar surface area (TPSA) is 102 Å².